The number of carbonyl (C=O) groups excluding carboxylic acids is 4. The molecular formula is C105H146N22O17. The Labute approximate surface area is 843 Å². The molecule has 4 amide bonds. The summed E-state index contributed by atoms with van der Waals surface area (Å²) in [6.07, 6.45) is 25.8. The van der Waals surface area contributed by atoms with E-state index in [9.17, 15) is 29.4 Å². The van der Waals surface area contributed by atoms with Crippen molar-refractivity contribution in [1.82, 2.24) is 60.3 Å². The number of aromatic nitrogens is 8. The lowest BCUT2D eigenvalue weighted by molar-refractivity contribution is -0.121. The number of nitrogens with two attached hydrogens (primary N) is 1. The van der Waals surface area contributed by atoms with Gasteiger partial charge in [0.1, 0.15) is 34.5 Å². The molecule has 4 aromatic heterocycles. The van der Waals surface area contributed by atoms with Gasteiger partial charge in [-0.1, -0.05) is 49.2 Å². The summed E-state index contributed by atoms with van der Waals surface area (Å²) in [5.74, 6) is 2.46. The van der Waals surface area contributed by atoms with Crippen molar-refractivity contribution in [3.05, 3.63) is 193 Å². The number of anilines is 4. The number of carbonyl (C=O) groups is 4. The summed E-state index contributed by atoms with van der Waals surface area (Å²) < 4.78 is 65.4. The first kappa shape index (κ1) is 112. The number of ether oxygens (including phenoxy) is 11. The summed E-state index contributed by atoms with van der Waals surface area (Å²) in [5.41, 5.74) is 14.2. The number of nitrogens with zero attached hydrogens (tertiary/aromatic N) is 14. The molecule has 2 aliphatic heterocycles. The van der Waals surface area contributed by atoms with Gasteiger partial charge in [0.25, 0.3) is 11.8 Å². The maximum Gasteiger partial charge on any atom is 0.251 e. The number of rotatable bonds is 70. The van der Waals surface area contributed by atoms with Crippen molar-refractivity contribution >= 4 is 97.9 Å². The molecule has 778 valence electrons. The van der Waals surface area contributed by atoms with Gasteiger partial charge in [0.05, 0.1) is 170 Å². The molecule has 2 fully saturated rings. The maximum absolute atomic E-state index is 13.5. The number of piperidine rings is 2. The second-order valence-electron chi connectivity index (χ2n) is 34.7. The van der Waals surface area contributed by atoms with E-state index < -0.39 is 0 Å². The van der Waals surface area contributed by atoms with Crippen molar-refractivity contribution in [3.8, 4) is 11.5 Å². The fourth-order valence-electron chi connectivity index (χ4n) is 16.0. The van der Waals surface area contributed by atoms with Gasteiger partial charge >= 0.3 is 0 Å². The smallest absolute Gasteiger partial charge is 0.251 e. The Balaban J connectivity index is 0.000000275. The number of aromatic hydroxyl groups is 2. The summed E-state index contributed by atoms with van der Waals surface area (Å²) in [5, 5.41) is 63.8. The molecule has 0 aliphatic carbocycles. The van der Waals surface area contributed by atoms with Crippen LogP contribution in [0.3, 0.4) is 0 Å². The third kappa shape index (κ3) is 41.8. The molecule has 6 heterocycles. The van der Waals surface area contributed by atoms with E-state index in [0.717, 1.165) is 181 Å². The molecular weight excluding hydrogens is 1840 g/mol. The highest BCUT2D eigenvalue weighted by molar-refractivity contribution is 5.96. The van der Waals surface area contributed by atoms with Crippen LogP contribution in [0.4, 0.5) is 46.3 Å². The van der Waals surface area contributed by atoms with Gasteiger partial charge in [-0.25, -0.2) is 19.9 Å². The lowest BCUT2D eigenvalue weighted by Crippen LogP contribution is -2.41. The van der Waals surface area contributed by atoms with E-state index >= 15 is 0 Å². The van der Waals surface area contributed by atoms with Crippen LogP contribution in [-0.2, 0) is 87.6 Å². The number of amides is 4. The van der Waals surface area contributed by atoms with Crippen LogP contribution in [0, 0.1) is 17.2 Å². The quantitative estimate of drug-likeness (QED) is 0.00732. The SMILES string of the molecule is COC(=N)CCCc1ccc(O)c(N=Nc2ccc(C(=O)NCCCOCCOCCOCCOCCOCCCNCCCCCn3c(NC(=O)[C@H]4CCCN(c5cnccn5)C4)nc4ccccc43)cc2)c1.NCCc1ccc(O)c(N=Nc2ccc(C(=O)NCCCOCCOCCOCCOCCOCCCNCCCCCn3c(NC(=O)[C@H]4CCCN(c5cnccn5)C4)nc4ccccc43)cc2)c1. The Kier molecular flexibility index (Phi) is 52.3. The molecule has 0 unspecified atom stereocenters. The number of fused-ring (bicyclic) bond motifs is 2. The third-order valence-corrected chi connectivity index (χ3v) is 23.8. The van der Waals surface area contributed by atoms with Crippen LogP contribution in [0.5, 0.6) is 11.5 Å². The van der Waals surface area contributed by atoms with Crippen LogP contribution in [-0.4, -0.2) is 290 Å². The molecule has 2 saturated heterocycles. The average Bonchev–Trinajstić information content (AvgIpc) is 1.65. The highest BCUT2D eigenvalue weighted by Gasteiger charge is 2.30. The van der Waals surface area contributed by atoms with Crippen molar-refractivity contribution < 1.29 is 81.5 Å². The predicted molar refractivity (Wildman–Crippen MR) is 553 cm³/mol. The normalized spacial score (nSPS) is 13.8. The Morgan fingerprint density at radius 3 is 1.18 bits per heavy atom. The topological polar surface area (TPSA) is 475 Å². The molecule has 39 heteroatoms. The number of benzene rings is 6. The van der Waals surface area contributed by atoms with Gasteiger partial charge < -0.3 is 108 Å². The van der Waals surface area contributed by atoms with Crippen molar-refractivity contribution in [1.29, 1.82) is 5.41 Å². The lowest BCUT2D eigenvalue weighted by atomic mass is 9.97. The van der Waals surface area contributed by atoms with E-state index in [1.54, 1.807) is 116 Å². The number of unbranched alkanes of at least 4 members (excludes halogenated alkanes) is 4. The van der Waals surface area contributed by atoms with Gasteiger partial charge in [0.2, 0.25) is 23.7 Å². The second-order valence-corrected chi connectivity index (χ2v) is 34.7. The van der Waals surface area contributed by atoms with Gasteiger partial charge in [-0.05, 0) is 237 Å². The molecule has 39 nitrogen and oxygen atoms in total. The highest BCUT2D eigenvalue weighted by atomic mass is 16.6. The number of hydrogen-bond donors (Lipinski definition) is 10. The summed E-state index contributed by atoms with van der Waals surface area (Å²) in [7, 11) is 1.49. The average molecular weight is 1990 g/mol. The molecule has 2 aliphatic rings. The number of phenolic OH excluding ortho intramolecular Hbond substituents is 2. The second kappa shape index (κ2) is 67.3. The van der Waals surface area contributed by atoms with Gasteiger partial charge in [0.15, 0.2) is 5.90 Å². The van der Waals surface area contributed by atoms with E-state index in [0.29, 0.717) is 243 Å². The Morgan fingerprint density at radius 1 is 0.424 bits per heavy atom. The lowest BCUT2D eigenvalue weighted by Gasteiger charge is -2.32. The zero-order chi connectivity index (χ0) is 101. The number of aryl methyl sites for hydroxylation is 3. The van der Waals surface area contributed by atoms with Crippen molar-refractivity contribution in [2.45, 2.75) is 129 Å². The van der Waals surface area contributed by atoms with Gasteiger partial charge in [0, 0.05) is 121 Å². The molecule has 0 radical (unpaired) electrons. The Hall–Kier alpha value is -12.4. The van der Waals surface area contributed by atoms with Gasteiger partial charge in [-0.15, -0.1) is 10.2 Å². The van der Waals surface area contributed by atoms with Crippen LogP contribution in [0.2, 0.25) is 0 Å². The monoisotopic (exact) mass is 1990 g/mol. The maximum atomic E-state index is 13.5. The number of phenols is 2. The number of para-hydroxylation sites is 4. The number of methoxy groups -OCH3 is 1. The first-order valence-corrected chi connectivity index (χ1v) is 50.6. The summed E-state index contributed by atoms with van der Waals surface area (Å²) in [6.45, 7) is 19.8. The number of imidazole rings is 2. The minimum Gasteiger partial charge on any atom is -0.506 e. The third-order valence-electron chi connectivity index (χ3n) is 23.8. The molecule has 0 spiro atoms. The van der Waals surface area contributed by atoms with Crippen LogP contribution in [0.25, 0.3) is 22.1 Å². The highest BCUT2D eigenvalue weighted by Crippen LogP contribution is 2.34. The zero-order valence-corrected chi connectivity index (χ0v) is 83.2. The summed E-state index contributed by atoms with van der Waals surface area (Å²) in [4.78, 5) is 83.1. The summed E-state index contributed by atoms with van der Waals surface area (Å²) in [6, 6.07) is 39.9. The Bertz CT molecular complexity index is 5400. The van der Waals surface area contributed by atoms with Crippen molar-refractivity contribution in [2.75, 3.05) is 232 Å². The van der Waals surface area contributed by atoms with Crippen molar-refractivity contribution in [3.63, 3.8) is 0 Å². The first-order valence-electron chi connectivity index (χ1n) is 50.6. The zero-order valence-electron chi connectivity index (χ0n) is 83.2. The van der Waals surface area contributed by atoms with E-state index in [1.807, 2.05) is 42.5 Å². The van der Waals surface area contributed by atoms with Crippen LogP contribution < -0.4 is 47.4 Å². The first-order chi connectivity index (χ1) is 70.9. The molecule has 12 rings (SSSR count). The molecule has 6 aromatic carbocycles. The van der Waals surface area contributed by atoms with E-state index in [2.05, 4.69) is 103 Å². The van der Waals surface area contributed by atoms with Crippen LogP contribution >= 0.6 is 0 Å². The van der Waals surface area contributed by atoms with E-state index in [4.69, 9.17) is 73.2 Å². The Morgan fingerprint density at radius 2 is 0.799 bits per heavy atom. The molecule has 0 bridgehead atoms. The van der Waals surface area contributed by atoms with Crippen molar-refractivity contribution in [2.24, 2.45) is 38.0 Å². The fraction of sp³-hybridized carbons (Fsp3) is 0.514. The number of hydrogen-bond acceptors (Lipinski definition) is 33. The van der Waals surface area contributed by atoms with Crippen LogP contribution in [0.1, 0.15) is 135 Å². The molecule has 10 aromatic rings. The fourth-order valence-corrected chi connectivity index (χ4v) is 16.0. The molecule has 2 atom stereocenters. The van der Waals surface area contributed by atoms with Crippen LogP contribution in [0.15, 0.2) is 191 Å². The standard InChI is InChI=1S/C54H75N11O9.C51H71N11O8/c1-69-50(55)15-7-11-42-16-21-49(66)47(39-42)63-62-45-19-17-43(18-20-45)52(67)59-24-10-30-71-32-34-73-36-38-74-37-35-72-33-31-70-29-9-23-56-22-5-2-6-28-65-48-14-4-3-13-46(48)60-54(65)61-53(68)44-12-8-27-64(41-44)51-40-57-25-26-58-51;52-19-18-40-12-17-47(63)45(37-40)60-59-43-15-13-41(14-16-43)49(64)56-22-8-28-67-30-32-69-34-36-70-35-33-68-31-29-66-27-7-21-53-20-4-1-5-26-62-46-11-3-2-10-44(46)57-51(62)58-50(65)42-9-6-25-61(39-42)48-38-54-23-24-55-48/h3-4,13-14,16-21,25-26,39-40,44,55-56,66H,2,5-12,15,22-24,27-38,41H2,1H3,(H,59,67)(H,60,61,68);2-3,10-17,23-24,37-38,42,53,63H,1,4-9,18-22,25-36,39,52H2,(H,56,64)(H,57,58,65)/t44-;42-/m00/s1. The minimum atomic E-state index is -0.192. The largest absolute Gasteiger partial charge is 0.506 e. The molecule has 0 saturated carbocycles. The molecule has 11 N–H and O–H groups in total. The van der Waals surface area contributed by atoms with E-state index in [-0.39, 0.29) is 52.9 Å². The van der Waals surface area contributed by atoms with Gasteiger partial charge in [-0.3, -0.25) is 45.2 Å². The van der Waals surface area contributed by atoms with E-state index in [1.165, 1.54) is 7.11 Å². The number of nitrogens with one attached hydrogen (secondary N) is 7. The summed E-state index contributed by atoms with van der Waals surface area (Å²) >= 11 is 0. The number of azo groups is 2. The predicted octanol–water partition coefficient (Wildman–Crippen LogP) is 14.2. The minimum absolute atomic E-state index is 0.00154. The molecule has 144 heavy (non-hydrogen) atoms. The van der Waals surface area contributed by atoms with Gasteiger partial charge in [-0.2, -0.15) is 10.2 Å².